The number of rotatable bonds is 9. The van der Waals surface area contributed by atoms with E-state index in [1.54, 1.807) is 34.3 Å². The number of nitrogens with zero attached hydrogens (tertiary/aromatic N) is 2. The Bertz CT molecular complexity index is 723. The normalized spacial score (nSPS) is 17.4. The highest BCUT2D eigenvalue weighted by Gasteiger charge is 2.33. The summed E-state index contributed by atoms with van der Waals surface area (Å²) >= 11 is 1.28. The summed E-state index contributed by atoms with van der Waals surface area (Å²) < 4.78 is 31.2. The van der Waals surface area contributed by atoms with Crippen LogP contribution in [0.2, 0.25) is 0 Å². The van der Waals surface area contributed by atoms with Crippen LogP contribution in [0.3, 0.4) is 0 Å². The lowest BCUT2D eigenvalue weighted by atomic mass is 9.83. The number of hydrogen-bond acceptors (Lipinski definition) is 5. The zero-order valence-corrected chi connectivity index (χ0v) is 18.4. The molecule has 1 heterocycles. The summed E-state index contributed by atoms with van der Waals surface area (Å²) in [5.74, 6) is 0.740. The van der Waals surface area contributed by atoms with Gasteiger partial charge in [0.2, 0.25) is 0 Å². The molecule has 1 aromatic rings. The lowest BCUT2D eigenvalue weighted by Crippen LogP contribution is -2.43. The smallest absolute Gasteiger partial charge is 0.252 e. The largest absolute Gasteiger partial charge is 0.385 e. The summed E-state index contributed by atoms with van der Waals surface area (Å²) in [7, 11) is 3.22. The zero-order valence-electron chi connectivity index (χ0n) is 16.7. The van der Waals surface area contributed by atoms with E-state index >= 15 is 0 Å². The van der Waals surface area contributed by atoms with Crippen molar-refractivity contribution in [1.82, 2.24) is 14.9 Å². The second kappa shape index (κ2) is 9.86. The quantitative estimate of drug-likeness (QED) is 0.477. The molecule has 1 aliphatic rings. The van der Waals surface area contributed by atoms with Crippen LogP contribution in [0, 0.1) is 5.41 Å². The molecule has 0 amide bonds. The summed E-state index contributed by atoms with van der Waals surface area (Å²) in [5.41, 5.74) is 0.281. The maximum atomic E-state index is 12.2. The average Bonchev–Trinajstić information content (AvgIpc) is 3.30. The molecule has 0 aromatic carbocycles. The first-order valence-corrected chi connectivity index (χ1v) is 11.5. The number of nitrogens with one attached hydrogen (secondary N) is 2. The van der Waals surface area contributed by atoms with E-state index in [1.165, 1.54) is 41.3 Å². The number of thiophene rings is 1. The molecule has 0 unspecified atom stereocenters. The molecule has 7 nitrogen and oxygen atoms in total. The van der Waals surface area contributed by atoms with Crippen LogP contribution in [0.1, 0.15) is 37.0 Å². The van der Waals surface area contributed by atoms with Crippen LogP contribution < -0.4 is 10.6 Å². The molecule has 0 aliphatic heterocycles. The van der Waals surface area contributed by atoms with Gasteiger partial charge in [-0.3, -0.25) is 4.99 Å². The van der Waals surface area contributed by atoms with Crippen molar-refractivity contribution in [2.45, 2.75) is 42.9 Å². The summed E-state index contributed by atoms with van der Waals surface area (Å²) in [4.78, 5) is 5.25. The van der Waals surface area contributed by atoms with Gasteiger partial charge in [0.1, 0.15) is 4.21 Å². The molecule has 154 valence electrons. The molecule has 0 bridgehead atoms. The van der Waals surface area contributed by atoms with Crippen molar-refractivity contribution in [3.63, 3.8) is 0 Å². The lowest BCUT2D eigenvalue weighted by molar-refractivity contribution is 0.138. The van der Waals surface area contributed by atoms with Crippen LogP contribution in [-0.4, -0.2) is 60.1 Å². The minimum atomic E-state index is -3.37. The second-order valence-corrected chi connectivity index (χ2v) is 10.8. The monoisotopic (exact) mass is 416 g/mol. The van der Waals surface area contributed by atoms with Crippen molar-refractivity contribution >= 4 is 27.3 Å². The van der Waals surface area contributed by atoms with Gasteiger partial charge in [0, 0.05) is 46.3 Å². The molecule has 1 saturated carbocycles. The SMILES string of the molecule is CN=C(NCc1ccc(S(=O)(=O)N(C)C)s1)NCC1(CCOC)CCCC1. The van der Waals surface area contributed by atoms with E-state index in [-0.39, 0.29) is 5.41 Å². The van der Waals surface area contributed by atoms with Crippen molar-refractivity contribution in [2.24, 2.45) is 10.4 Å². The summed E-state index contributed by atoms with van der Waals surface area (Å²) in [6.45, 7) is 2.20. The van der Waals surface area contributed by atoms with Crippen molar-refractivity contribution in [3.05, 3.63) is 17.0 Å². The summed E-state index contributed by atoms with van der Waals surface area (Å²) in [6.07, 6.45) is 6.05. The van der Waals surface area contributed by atoms with Gasteiger partial charge in [-0.2, -0.15) is 0 Å². The fourth-order valence-corrected chi connectivity index (χ4v) is 5.86. The van der Waals surface area contributed by atoms with Gasteiger partial charge >= 0.3 is 0 Å². The molecule has 27 heavy (non-hydrogen) atoms. The number of ether oxygens (including phenoxy) is 1. The van der Waals surface area contributed by atoms with Gasteiger partial charge in [-0.05, 0) is 36.8 Å². The van der Waals surface area contributed by atoms with Gasteiger partial charge in [-0.15, -0.1) is 11.3 Å². The standard InChI is InChI=1S/C18H32N4O3S2/c1-19-17(21-14-18(11-12-25-4)9-5-6-10-18)20-13-15-7-8-16(26-15)27(23,24)22(2)3/h7-8H,5-6,9-14H2,1-4H3,(H2,19,20,21). The fourth-order valence-electron chi connectivity index (χ4n) is 3.39. The fraction of sp³-hybridized carbons (Fsp3) is 0.722. The highest BCUT2D eigenvalue weighted by Crippen LogP contribution is 2.40. The summed E-state index contributed by atoms with van der Waals surface area (Å²) in [6, 6.07) is 3.50. The first-order chi connectivity index (χ1) is 12.8. The van der Waals surface area contributed by atoms with Crippen LogP contribution >= 0.6 is 11.3 Å². The number of sulfonamides is 1. The topological polar surface area (TPSA) is 83.0 Å². The van der Waals surface area contributed by atoms with Crippen LogP contribution in [0.15, 0.2) is 21.3 Å². The molecular formula is C18H32N4O3S2. The van der Waals surface area contributed by atoms with Crippen LogP contribution in [-0.2, 0) is 21.3 Å². The molecule has 9 heteroatoms. The van der Waals surface area contributed by atoms with E-state index in [2.05, 4.69) is 15.6 Å². The summed E-state index contributed by atoms with van der Waals surface area (Å²) in [5, 5.41) is 6.73. The average molecular weight is 417 g/mol. The van der Waals surface area contributed by atoms with Crippen molar-refractivity contribution in [3.8, 4) is 0 Å². The Hall–Kier alpha value is -1.16. The molecule has 2 rings (SSSR count). The third kappa shape index (κ3) is 5.91. The van der Waals surface area contributed by atoms with Gasteiger partial charge in [0.15, 0.2) is 5.96 Å². The lowest BCUT2D eigenvalue weighted by Gasteiger charge is -2.29. The molecule has 0 spiro atoms. The van der Waals surface area contributed by atoms with Gasteiger partial charge in [0.25, 0.3) is 10.0 Å². The maximum absolute atomic E-state index is 12.2. The minimum absolute atomic E-state index is 0.281. The van der Waals surface area contributed by atoms with E-state index in [1.807, 2.05) is 6.07 Å². The van der Waals surface area contributed by atoms with E-state index in [0.29, 0.717) is 10.8 Å². The Labute approximate surface area is 167 Å². The second-order valence-electron chi connectivity index (χ2n) is 7.24. The Morgan fingerprint density at radius 2 is 2.00 bits per heavy atom. The molecule has 0 atom stereocenters. The molecule has 1 aliphatic carbocycles. The predicted molar refractivity (Wildman–Crippen MR) is 111 cm³/mol. The first kappa shape index (κ1) is 22.1. The van der Waals surface area contributed by atoms with E-state index < -0.39 is 10.0 Å². The van der Waals surface area contributed by atoms with E-state index in [9.17, 15) is 8.42 Å². The third-order valence-corrected chi connectivity index (χ3v) is 8.52. The maximum Gasteiger partial charge on any atom is 0.252 e. The Morgan fingerprint density at radius 3 is 2.59 bits per heavy atom. The van der Waals surface area contributed by atoms with E-state index in [4.69, 9.17) is 4.74 Å². The van der Waals surface area contributed by atoms with E-state index in [0.717, 1.165) is 30.4 Å². The van der Waals surface area contributed by atoms with Crippen molar-refractivity contribution in [1.29, 1.82) is 0 Å². The Morgan fingerprint density at radius 1 is 1.30 bits per heavy atom. The molecule has 2 N–H and O–H groups in total. The zero-order chi connectivity index (χ0) is 19.9. The first-order valence-electron chi connectivity index (χ1n) is 9.28. The number of methoxy groups -OCH3 is 1. The van der Waals surface area contributed by atoms with Gasteiger partial charge < -0.3 is 15.4 Å². The van der Waals surface area contributed by atoms with Gasteiger partial charge in [-0.1, -0.05) is 12.8 Å². The van der Waals surface area contributed by atoms with Crippen molar-refractivity contribution in [2.75, 3.05) is 41.4 Å². The van der Waals surface area contributed by atoms with Gasteiger partial charge in [-0.25, -0.2) is 12.7 Å². The van der Waals surface area contributed by atoms with Gasteiger partial charge in [0.05, 0.1) is 6.54 Å². The molecule has 0 radical (unpaired) electrons. The van der Waals surface area contributed by atoms with Crippen LogP contribution in [0.4, 0.5) is 0 Å². The highest BCUT2D eigenvalue weighted by molar-refractivity contribution is 7.91. The molecular weight excluding hydrogens is 384 g/mol. The number of aliphatic imine (C=N–C) groups is 1. The minimum Gasteiger partial charge on any atom is -0.385 e. The third-order valence-electron chi connectivity index (χ3n) is 5.16. The molecule has 1 fully saturated rings. The molecule has 0 saturated heterocycles. The van der Waals surface area contributed by atoms with Crippen LogP contribution in [0.5, 0.6) is 0 Å². The highest BCUT2D eigenvalue weighted by atomic mass is 32.2. The van der Waals surface area contributed by atoms with Crippen molar-refractivity contribution < 1.29 is 13.2 Å². The number of hydrogen-bond donors (Lipinski definition) is 2. The Kier molecular flexibility index (Phi) is 8.08. The predicted octanol–water partition coefficient (Wildman–Crippen LogP) is 2.26. The number of guanidine groups is 1. The Balaban J connectivity index is 1.90. The molecule has 1 aromatic heterocycles. The van der Waals surface area contributed by atoms with Crippen LogP contribution in [0.25, 0.3) is 0 Å².